The van der Waals surface area contributed by atoms with E-state index in [1.54, 1.807) is 18.3 Å². The zero-order chi connectivity index (χ0) is 11.4. The van der Waals surface area contributed by atoms with Crippen LogP contribution < -0.4 is 10.0 Å². The molecular formula is C10H17Cl2N3O2S. The van der Waals surface area contributed by atoms with Gasteiger partial charge in [-0.05, 0) is 38.1 Å². The maximum atomic E-state index is 11.9. The highest BCUT2D eigenvalue weighted by Crippen LogP contribution is 2.10. The highest BCUT2D eigenvalue weighted by atomic mass is 35.5. The molecular weight excluding hydrogens is 297 g/mol. The maximum Gasteiger partial charge on any atom is 0.242 e. The van der Waals surface area contributed by atoms with Crippen LogP contribution >= 0.6 is 24.8 Å². The number of sulfonamides is 1. The standard InChI is InChI=1S/C10H15N3O2S.2ClH/c14-16(15,10-2-1-5-12-8-10)13-9-3-6-11-7-4-9;;/h1-2,5,8-9,11,13H,3-4,6-7H2;2*1H. The Labute approximate surface area is 120 Å². The van der Waals surface area contributed by atoms with Crippen LogP contribution in [0.25, 0.3) is 0 Å². The molecule has 2 heterocycles. The number of aromatic nitrogens is 1. The molecule has 0 unspecified atom stereocenters. The van der Waals surface area contributed by atoms with Gasteiger partial charge in [0.15, 0.2) is 0 Å². The third-order valence-electron chi connectivity index (χ3n) is 2.61. The number of pyridine rings is 1. The lowest BCUT2D eigenvalue weighted by Crippen LogP contribution is -2.42. The molecule has 2 rings (SSSR count). The van der Waals surface area contributed by atoms with Crippen LogP contribution in [0.1, 0.15) is 12.8 Å². The van der Waals surface area contributed by atoms with Crippen molar-refractivity contribution in [3.8, 4) is 0 Å². The van der Waals surface area contributed by atoms with Crippen LogP contribution in [-0.2, 0) is 10.0 Å². The van der Waals surface area contributed by atoms with E-state index >= 15 is 0 Å². The number of piperidine rings is 1. The molecule has 0 aliphatic carbocycles. The minimum absolute atomic E-state index is 0. The number of hydrogen-bond acceptors (Lipinski definition) is 4. The summed E-state index contributed by atoms with van der Waals surface area (Å²) in [6, 6.07) is 3.21. The van der Waals surface area contributed by atoms with Gasteiger partial charge in [0.25, 0.3) is 0 Å². The van der Waals surface area contributed by atoms with Crippen LogP contribution in [0.15, 0.2) is 29.4 Å². The zero-order valence-corrected chi connectivity index (χ0v) is 12.2. The fraction of sp³-hybridized carbons (Fsp3) is 0.500. The Hall–Kier alpha value is -0.400. The summed E-state index contributed by atoms with van der Waals surface area (Å²) in [6.07, 6.45) is 4.59. The van der Waals surface area contributed by atoms with Gasteiger partial charge in [-0.25, -0.2) is 13.1 Å². The predicted octanol–water partition coefficient (Wildman–Crippen LogP) is 0.956. The first-order valence-electron chi connectivity index (χ1n) is 5.31. The minimum atomic E-state index is -3.40. The van der Waals surface area contributed by atoms with Crippen molar-refractivity contribution in [2.24, 2.45) is 0 Å². The Morgan fingerprint density at radius 3 is 2.50 bits per heavy atom. The molecule has 1 aliphatic heterocycles. The van der Waals surface area contributed by atoms with E-state index in [0.29, 0.717) is 0 Å². The Bertz CT molecular complexity index is 436. The van der Waals surface area contributed by atoms with Crippen molar-refractivity contribution in [3.05, 3.63) is 24.5 Å². The molecule has 0 radical (unpaired) electrons. The van der Waals surface area contributed by atoms with Crippen molar-refractivity contribution in [2.45, 2.75) is 23.8 Å². The van der Waals surface area contributed by atoms with E-state index in [1.165, 1.54) is 6.20 Å². The molecule has 0 aromatic carbocycles. The zero-order valence-electron chi connectivity index (χ0n) is 9.70. The van der Waals surface area contributed by atoms with Crippen LogP contribution in [0.5, 0.6) is 0 Å². The number of nitrogens with one attached hydrogen (secondary N) is 2. The van der Waals surface area contributed by atoms with Crippen molar-refractivity contribution < 1.29 is 8.42 Å². The third kappa shape index (κ3) is 4.70. The summed E-state index contributed by atoms with van der Waals surface area (Å²) in [4.78, 5) is 4.04. The summed E-state index contributed by atoms with van der Waals surface area (Å²) < 4.78 is 26.6. The summed E-state index contributed by atoms with van der Waals surface area (Å²) in [5, 5.41) is 3.19. The van der Waals surface area contributed by atoms with Crippen molar-refractivity contribution in [3.63, 3.8) is 0 Å². The fourth-order valence-corrected chi connectivity index (χ4v) is 3.00. The van der Waals surface area contributed by atoms with E-state index in [4.69, 9.17) is 0 Å². The van der Waals surface area contributed by atoms with E-state index in [-0.39, 0.29) is 35.8 Å². The van der Waals surface area contributed by atoms with E-state index in [2.05, 4.69) is 15.0 Å². The summed E-state index contributed by atoms with van der Waals surface area (Å²) in [7, 11) is -3.40. The molecule has 0 saturated carbocycles. The Morgan fingerprint density at radius 2 is 1.94 bits per heavy atom. The van der Waals surface area contributed by atoms with Gasteiger partial charge in [-0.3, -0.25) is 4.98 Å². The Kier molecular flexibility index (Phi) is 7.73. The quantitative estimate of drug-likeness (QED) is 0.872. The molecule has 1 aromatic heterocycles. The highest BCUT2D eigenvalue weighted by Gasteiger charge is 2.21. The summed E-state index contributed by atoms with van der Waals surface area (Å²) in [5.74, 6) is 0. The first-order chi connectivity index (χ1) is 7.68. The van der Waals surface area contributed by atoms with Gasteiger partial charge >= 0.3 is 0 Å². The second-order valence-corrected chi connectivity index (χ2v) is 5.55. The maximum absolute atomic E-state index is 11.9. The topological polar surface area (TPSA) is 71.1 Å². The van der Waals surface area contributed by atoms with E-state index < -0.39 is 10.0 Å². The fourth-order valence-electron chi connectivity index (χ4n) is 1.73. The molecule has 0 amide bonds. The lowest BCUT2D eigenvalue weighted by molar-refractivity contribution is 0.427. The molecule has 1 saturated heterocycles. The number of hydrogen-bond donors (Lipinski definition) is 2. The average molecular weight is 314 g/mol. The molecule has 18 heavy (non-hydrogen) atoms. The van der Waals surface area contributed by atoms with Crippen LogP contribution in [0.4, 0.5) is 0 Å². The van der Waals surface area contributed by atoms with Gasteiger partial charge in [0, 0.05) is 18.4 Å². The molecule has 0 bridgehead atoms. The molecule has 1 aliphatic rings. The molecule has 0 atom stereocenters. The SMILES string of the molecule is Cl.Cl.O=S(=O)(NC1CCNCC1)c1cccnc1. The third-order valence-corrected chi connectivity index (χ3v) is 4.11. The molecule has 0 spiro atoms. The molecule has 104 valence electrons. The Balaban J connectivity index is 0.00000144. The van der Waals surface area contributed by atoms with Gasteiger partial charge < -0.3 is 5.32 Å². The van der Waals surface area contributed by atoms with Crippen LogP contribution in [-0.4, -0.2) is 32.5 Å². The molecule has 1 aromatic rings. The lowest BCUT2D eigenvalue weighted by atomic mass is 10.1. The number of rotatable bonds is 3. The molecule has 2 N–H and O–H groups in total. The smallest absolute Gasteiger partial charge is 0.242 e. The van der Waals surface area contributed by atoms with Gasteiger partial charge in [-0.15, -0.1) is 24.8 Å². The molecule has 8 heteroatoms. The van der Waals surface area contributed by atoms with Crippen molar-refractivity contribution in [1.82, 2.24) is 15.0 Å². The first-order valence-corrected chi connectivity index (χ1v) is 6.80. The monoisotopic (exact) mass is 313 g/mol. The van der Waals surface area contributed by atoms with Gasteiger partial charge in [0.05, 0.1) is 0 Å². The van der Waals surface area contributed by atoms with Gasteiger partial charge in [0.2, 0.25) is 10.0 Å². The summed E-state index contributed by atoms with van der Waals surface area (Å²) in [5.41, 5.74) is 0. The lowest BCUT2D eigenvalue weighted by Gasteiger charge is -2.23. The van der Waals surface area contributed by atoms with E-state index in [1.807, 2.05) is 0 Å². The average Bonchev–Trinajstić information content (AvgIpc) is 2.31. The number of nitrogens with zero attached hydrogens (tertiary/aromatic N) is 1. The van der Waals surface area contributed by atoms with Crippen LogP contribution in [0, 0.1) is 0 Å². The van der Waals surface area contributed by atoms with Crippen molar-refractivity contribution in [2.75, 3.05) is 13.1 Å². The minimum Gasteiger partial charge on any atom is -0.317 e. The second-order valence-electron chi connectivity index (χ2n) is 3.83. The summed E-state index contributed by atoms with van der Waals surface area (Å²) >= 11 is 0. The largest absolute Gasteiger partial charge is 0.317 e. The normalized spacial score (nSPS) is 16.4. The van der Waals surface area contributed by atoms with E-state index in [9.17, 15) is 8.42 Å². The van der Waals surface area contributed by atoms with Crippen molar-refractivity contribution in [1.29, 1.82) is 0 Å². The predicted molar refractivity (Wildman–Crippen MR) is 74.9 cm³/mol. The van der Waals surface area contributed by atoms with Crippen LogP contribution in [0.3, 0.4) is 0 Å². The summed E-state index contributed by atoms with van der Waals surface area (Å²) in [6.45, 7) is 1.72. The second kappa shape index (κ2) is 7.91. The van der Waals surface area contributed by atoms with Gasteiger partial charge in [-0.2, -0.15) is 0 Å². The first kappa shape index (κ1) is 17.6. The molecule has 5 nitrogen and oxygen atoms in total. The van der Waals surface area contributed by atoms with E-state index in [0.717, 1.165) is 25.9 Å². The Morgan fingerprint density at radius 1 is 1.28 bits per heavy atom. The van der Waals surface area contributed by atoms with Gasteiger partial charge in [-0.1, -0.05) is 0 Å². The number of halogens is 2. The van der Waals surface area contributed by atoms with Gasteiger partial charge in [0.1, 0.15) is 4.90 Å². The van der Waals surface area contributed by atoms with Crippen molar-refractivity contribution >= 4 is 34.8 Å². The van der Waals surface area contributed by atoms with Crippen LogP contribution in [0.2, 0.25) is 0 Å². The highest BCUT2D eigenvalue weighted by molar-refractivity contribution is 7.89. The molecule has 1 fully saturated rings.